The minimum absolute atomic E-state index is 0.147. The van der Waals surface area contributed by atoms with Crippen LogP contribution >= 0.6 is 35.3 Å². The summed E-state index contributed by atoms with van der Waals surface area (Å²) in [5.74, 6) is -31.9. The van der Waals surface area contributed by atoms with E-state index in [1.807, 2.05) is 0 Å². The number of hydrogen-bond donors (Lipinski definition) is 21. The standard InChI is InChI=1S/C86H119N19O31S6/c1-46(87)73(117)99-64(83(127)91-47(2)74(118)95-62(38-67(88)109)82(126)102-85(129)130)41-138-29-32-141(133,134)104-43-103-44-105(45-104)142(135,136)33-30-139-42-65(100-75(119)48(3)90-78(122)61(92-49(4)106)36-53-18-13-17-52-16-11-12-19-56(52)53)84(128)94-57(24-26-68(110)111)76(120)98-63(39-70(114)115)81(125)97-59(34-50-14-9-8-10-15-50)80(124)96-60(35-51-20-22-55(107)23-21-51)79(123)93-58(25-27-69(112)113)77(121)101-71(86(5,6)7)66(108)37-54(72(89)116)40-137-28-31-140(103,131)132/h8-23,46-48,54,57-65,71,107H,24-45,87H2,1-7H3,(H2,88,109)(H2,89,116)(H,90,122)(H,91,127)(H,92,106)(H,93,123)(H,94,128)(H,95,118)(H,96,124)(H,97,125)(H,98,120)(H,99,117)(H,100,119)(H,101,121)(H,102,126)(H,110,111)(H,112,113)(H,114,115)(H,129,130)/t46-,47+,48+,54-,57-,58-,59-,60-,61-,62-,63-,64-,65+,71+/m0/s1. The molecule has 4 aromatic carbocycles. The van der Waals surface area contributed by atoms with E-state index in [0.717, 1.165) is 26.2 Å². The van der Waals surface area contributed by atoms with Gasteiger partial charge in [-0.1, -0.05) is 106 Å². The number of rotatable bonds is 35. The predicted octanol–water partition coefficient (Wildman–Crippen LogP) is -5.23. The molecule has 2 saturated heterocycles. The van der Waals surface area contributed by atoms with Gasteiger partial charge in [-0.05, 0) is 78.6 Å². The molecule has 2 aliphatic heterocycles. The van der Waals surface area contributed by atoms with Gasteiger partial charge < -0.3 is 107 Å². The molecular formula is C86H119N19O31S6. The highest BCUT2D eigenvalue weighted by atomic mass is 32.2. The highest BCUT2D eigenvalue weighted by Crippen LogP contribution is 2.28. The van der Waals surface area contributed by atoms with E-state index in [9.17, 15) is 132 Å². The summed E-state index contributed by atoms with van der Waals surface area (Å²) in [6.45, 7) is 5.59. The van der Waals surface area contributed by atoms with Crippen LogP contribution in [0.25, 0.3) is 10.8 Å². The maximum absolute atomic E-state index is 15.1. The molecule has 2 bridgehead atoms. The smallest absolute Gasteiger partial charge is 0.411 e. The third kappa shape index (κ3) is 38.9. The van der Waals surface area contributed by atoms with E-state index in [0.29, 0.717) is 64.7 Å². The molecule has 780 valence electrons. The third-order valence-electron chi connectivity index (χ3n) is 21.7. The number of carbonyl (C=O) groups excluding carboxylic acids is 16. The van der Waals surface area contributed by atoms with Gasteiger partial charge in [0.05, 0.1) is 68.1 Å². The summed E-state index contributed by atoms with van der Waals surface area (Å²) in [5, 5.41) is 80.9. The average Bonchev–Trinajstić information content (AvgIpc) is 0.772. The van der Waals surface area contributed by atoms with Crippen LogP contribution in [0.3, 0.4) is 0 Å². The maximum atomic E-state index is 15.1. The molecule has 0 spiro atoms. The molecule has 16 amide bonds. The lowest BCUT2D eigenvalue weighted by atomic mass is 9.81. The minimum atomic E-state index is -5.03. The van der Waals surface area contributed by atoms with Crippen molar-refractivity contribution < 1.29 is 147 Å². The fourth-order valence-corrected chi connectivity index (χ4v) is 22.9. The van der Waals surface area contributed by atoms with Gasteiger partial charge >= 0.3 is 24.0 Å². The number of carboxylic acid groups (broad SMARTS) is 4. The summed E-state index contributed by atoms with van der Waals surface area (Å²) in [7, 11) is -14.9. The van der Waals surface area contributed by atoms with Crippen molar-refractivity contribution in [3.63, 3.8) is 0 Å². The van der Waals surface area contributed by atoms with Gasteiger partial charge in [0.1, 0.15) is 72.2 Å². The molecule has 0 aliphatic carbocycles. The Morgan fingerprint density at radius 3 is 1.56 bits per heavy atom. The molecule has 142 heavy (non-hydrogen) atoms. The van der Waals surface area contributed by atoms with Gasteiger partial charge in [0.2, 0.25) is 113 Å². The van der Waals surface area contributed by atoms with Crippen molar-refractivity contribution in [2.75, 3.05) is 71.8 Å². The summed E-state index contributed by atoms with van der Waals surface area (Å²) in [6.07, 6.45) is -9.51. The van der Waals surface area contributed by atoms with Crippen molar-refractivity contribution >= 4 is 195 Å². The lowest BCUT2D eigenvalue weighted by Crippen LogP contribution is -2.61. The van der Waals surface area contributed by atoms with Gasteiger partial charge in [-0.25, -0.2) is 30.0 Å². The van der Waals surface area contributed by atoms with Crippen LogP contribution in [0.15, 0.2) is 97.1 Å². The maximum Gasteiger partial charge on any atom is 0.411 e. The number of phenols is 1. The van der Waals surface area contributed by atoms with Crippen LogP contribution in [0.4, 0.5) is 4.79 Å². The number of amides is 16. The molecule has 2 aliphatic rings. The fraction of sp³-hybridized carbons (Fsp3) is 0.512. The van der Waals surface area contributed by atoms with Crippen LogP contribution in [0.1, 0.15) is 110 Å². The zero-order chi connectivity index (χ0) is 106. The number of benzene rings is 4. The number of nitrogens with one attached hydrogen (secondary N) is 13. The molecule has 2 unspecified atom stereocenters. The van der Waals surface area contributed by atoms with Gasteiger partial charge in [-0.3, -0.25) is 96.4 Å². The molecule has 2 fully saturated rings. The zero-order valence-corrected chi connectivity index (χ0v) is 83.1. The number of thioether (sulfide) groups is 3. The second-order valence-electron chi connectivity index (χ2n) is 34.4. The zero-order valence-electron chi connectivity index (χ0n) is 78.3. The second kappa shape index (κ2) is 55.1. The molecule has 0 saturated carbocycles. The van der Waals surface area contributed by atoms with Crippen LogP contribution in [-0.4, -0.2) is 332 Å². The van der Waals surface area contributed by atoms with Crippen molar-refractivity contribution in [1.82, 2.24) is 82.0 Å². The topological polar surface area (TPSA) is 789 Å². The van der Waals surface area contributed by atoms with Crippen LogP contribution in [0.2, 0.25) is 0 Å². The summed E-state index contributed by atoms with van der Waals surface area (Å²) >= 11 is 1.91. The Hall–Kier alpha value is -12.7. The number of carboxylic acids is 3. The van der Waals surface area contributed by atoms with E-state index >= 15 is 9.59 Å². The monoisotopic (exact) mass is 2110 g/mol. The Bertz CT molecular complexity index is 5640. The first-order chi connectivity index (χ1) is 66.4. The number of aliphatic carboxylic acids is 3. The van der Waals surface area contributed by atoms with E-state index in [1.54, 1.807) is 48.5 Å². The van der Waals surface area contributed by atoms with Crippen molar-refractivity contribution in [2.45, 2.75) is 191 Å². The molecule has 2 heterocycles. The first-order valence-corrected chi connectivity index (χ1v) is 52.3. The number of sulfonamides is 3. The number of Topliss-reactive ketones (excluding diaryl/α,β-unsaturated/α-hetero) is 1. The van der Waals surface area contributed by atoms with E-state index in [1.165, 1.54) is 81.5 Å². The first-order valence-electron chi connectivity index (χ1n) is 44.1. The van der Waals surface area contributed by atoms with Crippen LogP contribution in [-0.2, 0) is 140 Å². The van der Waals surface area contributed by atoms with Crippen molar-refractivity contribution in [3.8, 4) is 5.75 Å². The fourth-order valence-electron chi connectivity index (χ4n) is 14.0. The van der Waals surface area contributed by atoms with E-state index in [4.69, 9.17) is 22.3 Å². The number of imide groups is 1. The van der Waals surface area contributed by atoms with Gasteiger partial charge in [0.25, 0.3) is 5.91 Å². The SMILES string of the molecule is CC(=O)N[C@@H](Cc1cccc2ccccc12)C(=O)N[C@H](C)C(=O)N[C@@H]1CSCCS(=O)(=O)N2CN(CN(S(=O)(=O)CCSC[C@H](NC(=O)[C@H](C)N)C(=O)N[C@H](C)C(=O)N[C@@H](CC(N)=O)C(=O)NC(=O)O)C2)S(=O)(=O)CCSC[C@@H](C(N)=O)CC(=O)[C@H](C(C)(C)C)NC(=O)[C@H](CCC(=O)O)NC(=O)[C@H](Cc2ccc(O)cc2)NC(=O)[C@H](Cc2ccccc2)NC(=O)[C@H](CC(=O)O)NC(=O)[C@H](CCC(=O)O)NC1=O. The Labute approximate surface area is 829 Å². The predicted molar refractivity (Wildman–Crippen MR) is 515 cm³/mol. The Balaban J connectivity index is 1.45. The number of hydrogen-bond acceptors (Lipinski definition) is 31. The summed E-state index contributed by atoms with van der Waals surface area (Å²) < 4.78 is 90.3. The molecule has 0 radical (unpaired) electrons. The lowest BCUT2D eigenvalue weighted by molar-refractivity contribution is -0.142. The molecule has 6 rings (SSSR count). The largest absolute Gasteiger partial charge is 0.508 e. The molecule has 56 heteroatoms. The number of primary amides is 2. The third-order valence-corrected chi connectivity index (χ3v) is 31.0. The molecule has 24 N–H and O–H groups in total. The molecule has 0 aromatic heterocycles. The summed E-state index contributed by atoms with van der Waals surface area (Å²) in [4.78, 5) is 272. The number of nitrogens with zero attached hydrogens (tertiary/aromatic N) is 3. The highest BCUT2D eigenvalue weighted by molar-refractivity contribution is 8.01. The van der Waals surface area contributed by atoms with Crippen LogP contribution < -0.4 is 86.3 Å². The Morgan fingerprint density at radius 2 is 1.03 bits per heavy atom. The van der Waals surface area contributed by atoms with E-state index < -0.39 is 368 Å². The lowest BCUT2D eigenvalue weighted by Gasteiger charge is -2.40. The number of carbonyl (C=O) groups is 20. The van der Waals surface area contributed by atoms with Crippen molar-refractivity contribution in [1.29, 1.82) is 0 Å². The van der Waals surface area contributed by atoms with Gasteiger partial charge in [-0.15, -0.1) is 0 Å². The van der Waals surface area contributed by atoms with Crippen molar-refractivity contribution in [3.05, 3.63) is 114 Å². The van der Waals surface area contributed by atoms with E-state index in [2.05, 4.69) is 63.8 Å². The quantitative estimate of drug-likeness (QED) is 0.0191. The Morgan fingerprint density at radius 1 is 0.542 bits per heavy atom. The molecule has 50 nitrogen and oxygen atoms in total. The molecule has 4 aromatic rings. The van der Waals surface area contributed by atoms with Gasteiger partial charge in [0, 0.05) is 80.0 Å². The summed E-state index contributed by atoms with van der Waals surface area (Å²) in [5.41, 5.74) is 16.6. The van der Waals surface area contributed by atoms with Crippen molar-refractivity contribution in [2.24, 2.45) is 28.5 Å². The Kier molecular flexibility index (Phi) is 45.7. The van der Waals surface area contributed by atoms with Gasteiger partial charge in [-0.2, -0.15) is 48.2 Å². The molecule has 16 atom stereocenters. The normalized spacial score (nSPS) is 22.2. The van der Waals surface area contributed by atoms with Crippen LogP contribution in [0, 0.1) is 11.3 Å². The number of fused-ring (bicyclic) bond motifs is 3. The molecular weight excluding hydrogens is 1990 g/mol. The second-order valence-corrected chi connectivity index (χ2v) is 44.1. The number of phenolic OH excluding ortho intramolecular Hbond substituents is 1. The summed E-state index contributed by atoms with van der Waals surface area (Å²) in [6, 6.07) is 1.66. The number of aromatic hydroxyl groups is 1. The number of ketones is 1. The van der Waals surface area contributed by atoms with E-state index in [-0.39, 0.29) is 17.7 Å². The van der Waals surface area contributed by atoms with Crippen LogP contribution in [0.5, 0.6) is 5.75 Å². The minimum Gasteiger partial charge on any atom is -0.508 e. The average molecular weight is 2110 g/mol. The number of nitrogens with two attached hydrogens (primary N) is 3. The highest BCUT2D eigenvalue weighted by Gasteiger charge is 2.44. The first kappa shape index (κ1) is 118. The van der Waals surface area contributed by atoms with Gasteiger partial charge in [0.15, 0.2) is 5.78 Å².